The van der Waals surface area contributed by atoms with Crippen LogP contribution in [0.15, 0.2) is 12.1 Å². The van der Waals surface area contributed by atoms with E-state index in [0.29, 0.717) is 12.4 Å². The minimum Gasteiger partial charge on any atom is -0.493 e. The lowest BCUT2D eigenvalue weighted by atomic mass is 9.99. The third-order valence-corrected chi connectivity index (χ3v) is 4.10. The molecule has 1 aliphatic heterocycles. The molecular formula is C16H24ClN3O5. The number of piperidine rings is 1. The largest absolute Gasteiger partial charge is 0.493 e. The fraction of sp³-hybridized carbons (Fsp3) is 0.562. The van der Waals surface area contributed by atoms with Gasteiger partial charge in [-0.15, -0.1) is 12.4 Å². The van der Waals surface area contributed by atoms with Gasteiger partial charge in [-0.05, 0) is 33.2 Å². The number of halogens is 1. The van der Waals surface area contributed by atoms with Crippen LogP contribution in [0.1, 0.15) is 37.0 Å². The molecule has 2 unspecified atom stereocenters. The maximum Gasteiger partial charge on any atom is 0.286 e. The van der Waals surface area contributed by atoms with Gasteiger partial charge in [0.25, 0.3) is 11.6 Å². The van der Waals surface area contributed by atoms with E-state index in [4.69, 9.17) is 9.47 Å². The topological polar surface area (TPSA) is 103 Å². The average Bonchev–Trinajstić information content (AvgIpc) is 2.56. The molecule has 1 saturated heterocycles. The zero-order valence-corrected chi connectivity index (χ0v) is 15.4. The minimum absolute atomic E-state index is 0. The highest BCUT2D eigenvalue weighted by atomic mass is 35.5. The standard InChI is InChI=1S/C16H23N3O5.ClH/c1-4-24-15-9-13(19(21)22)11(8-14(15)23-3)16(20)18-12-6-5-7-17-10(12)2;/h8-10,12,17H,4-7H2,1-3H3,(H,18,20);1H. The van der Waals surface area contributed by atoms with Crippen molar-refractivity contribution in [2.45, 2.75) is 38.8 Å². The van der Waals surface area contributed by atoms with Crippen molar-refractivity contribution in [1.29, 1.82) is 0 Å². The number of benzene rings is 1. The highest BCUT2D eigenvalue weighted by Crippen LogP contribution is 2.34. The van der Waals surface area contributed by atoms with Gasteiger partial charge in [0.1, 0.15) is 5.56 Å². The highest BCUT2D eigenvalue weighted by molar-refractivity contribution is 5.99. The molecule has 25 heavy (non-hydrogen) atoms. The first kappa shape index (κ1) is 21.0. The van der Waals surface area contributed by atoms with Crippen molar-refractivity contribution in [2.75, 3.05) is 20.3 Å². The zero-order valence-electron chi connectivity index (χ0n) is 14.5. The van der Waals surface area contributed by atoms with Crippen LogP contribution < -0.4 is 20.1 Å². The molecule has 0 radical (unpaired) electrons. The summed E-state index contributed by atoms with van der Waals surface area (Å²) in [5.74, 6) is 0.0574. The van der Waals surface area contributed by atoms with E-state index in [1.165, 1.54) is 19.2 Å². The first-order valence-electron chi connectivity index (χ1n) is 8.01. The molecule has 0 aliphatic carbocycles. The van der Waals surface area contributed by atoms with Gasteiger partial charge < -0.3 is 20.1 Å². The van der Waals surface area contributed by atoms with Crippen molar-refractivity contribution in [1.82, 2.24) is 10.6 Å². The van der Waals surface area contributed by atoms with E-state index in [-0.39, 0.29) is 41.5 Å². The van der Waals surface area contributed by atoms with E-state index in [0.717, 1.165) is 19.4 Å². The van der Waals surface area contributed by atoms with Crippen molar-refractivity contribution < 1.29 is 19.2 Å². The molecule has 0 aromatic heterocycles. The second-order valence-electron chi connectivity index (χ2n) is 5.68. The third-order valence-electron chi connectivity index (χ3n) is 4.10. The number of nitro groups is 1. The third kappa shape index (κ3) is 4.96. The van der Waals surface area contributed by atoms with Crippen molar-refractivity contribution in [3.63, 3.8) is 0 Å². The van der Waals surface area contributed by atoms with Crippen molar-refractivity contribution in [2.24, 2.45) is 0 Å². The van der Waals surface area contributed by atoms with Gasteiger partial charge in [0.2, 0.25) is 0 Å². The summed E-state index contributed by atoms with van der Waals surface area (Å²) in [5.41, 5.74) is -0.328. The Bertz CT molecular complexity index is 626. The molecule has 140 valence electrons. The molecule has 1 heterocycles. The Kier molecular flexibility index (Phi) is 7.92. The number of carbonyl (C=O) groups excluding carboxylic acids is 1. The van der Waals surface area contributed by atoms with Gasteiger partial charge in [-0.2, -0.15) is 0 Å². The molecule has 1 amide bonds. The van der Waals surface area contributed by atoms with E-state index in [1.54, 1.807) is 6.92 Å². The lowest BCUT2D eigenvalue weighted by molar-refractivity contribution is -0.385. The number of methoxy groups -OCH3 is 1. The minimum atomic E-state index is -0.584. The molecule has 0 spiro atoms. The van der Waals surface area contributed by atoms with E-state index in [2.05, 4.69) is 10.6 Å². The number of nitrogens with one attached hydrogen (secondary N) is 2. The van der Waals surface area contributed by atoms with Crippen LogP contribution in [0.5, 0.6) is 11.5 Å². The Morgan fingerprint density at radius 1 is 1.44 bits per heavy atom. The quantitative estimate of drug-likeness (QED) is 0.585. The number of nitrogens with zero attached hydrogens (tertiary/aromatic N) is 1. The van der Waals surface area contributed by atoms with Crippen LogP contribution >= 0.6 is 12.4 Å². The Morgan fingerprint density at radius 3 is 2.72 bits per heavy atom. The average molecular weight is 374 g/mol. The summed E-state index contributed by atoms with van der Waals surface area (Å²) in [5, 5.41) is 17.5. The van der Waals surface area contributed by atoms with Crippen molar-refractivity contribution >= 4 is 24.0 Å². The number of amides is 1. The summed E-state index contributed by atoms with van der Waals surface area (Å²) >= 11 is 0. The van der Waals surface area contributed by atoms with Gasteiger partial charge in [0, 0.05) is 18.2 Å². The predicted molar refractivity (Wildman–Crippen MR) is 96.0 cm³/mol. The van der Waals surface area contributed by atoms with Gasteiger partial charge in [0.15, 0.2) is 11.5 Å². The second kappa shape index (κ2) is 9.43. The molecule has 0 bridgehead atoms. The number of hydrogen-bond acceptors (Lipinski definition) is 6. The molecule has 0 saturated carbocycles. The predicted octanol–water partition coefficient (Wildman–Crippen LogP) is 2.29. The summed E-state index contributed by atoms with van der Waals surface area (Å²) < 4.78 is 10.5. The Balaban J connectivity index is 0.00000312. The molecular weight excluding hydrogens is 350 g/mol. The first-order chi connectivity index (χ1) is 11.5. The number of nitro benzene ring substituents is 1. The van der Waals surface area contributed by atoms with E-state index in [9.17, 15) is 14.9 Å². The van der Waals surface area contributed by atoms with Gasteiger partial charge in [0.05, 0.1) is 24.7 Å². The number of rotatable bonds is 6. The molecule has 8 nitrogen and oxygen atoms in total. The van der Waals surface area contributed by atoms with Crippen molar-refractivity contribution in [3.05, 3.63) is 27.8 Å². The van der Waals surface area contributed by atoms with Crippen LogP contribution in [0.3, 0.4) is 0 Å². The lowest BCUT2D eigenvalue weighted by Crippen LogP contribution is -2.51. The molecule has 2 rings (SSSR count). The van der Waals surface area contributed by atoms with Crippen molar-refractivity contribution in [3.8, 4) is 11.5 Å². The Morgan fingerprint density at radius 2 is 2.16 bits per heavy atom. The van der Waals surface area contributed by atoms with Gasteiger partial charge >= 0.3 is 0 Å². The fourth-order valence-corrected chi connectivity index (χ4v) is 2.80. The van der Waals surface area contributed by atoms with Crippen LogP contribution in [0.25, 0.3) is 0 Å². The van der Waals surface area contributed by atoms with Gasteiger partial charge in [-0.3, -0.25) is 14.9 Å². The summed E-state index contributed by atoms with van der Waals surface area (Å²) in [7, 11) is 1.43. The maximum atomic E-state index is 12.6. The monoisotopic (exact) mass is 373 g/mol. The number of ether oxygens (including phenoxy) is 2. The van der Waals surface area contributed by atoms with Crippen LogP contribution in [0.2, 0.25) is 0 Å². The maximum absolute atomic E-state index is 12.6. The highest BCUT2D eigenvalue weighted by Gasteiger charge is 2.28. The van der Waals surface area contributed by atoms with Gasteiger partial charge in [-0.25, -0.2) is 0 Å². The lowest BCUT2D eigenvalue weighted by Gasteiger charge is -2.30. The molecule has 9 heteroatoms. The normalized spacial score (nSPS) is 19.5. The second-order valence-corrected chi connectivity index (χ2v) is 5.68. The molecule has 1 aromatic rings. The molecule has 1 fully saturated rings. The zero-order chi connectivity index (χ0) is 17.7. The number of hydrogen-bond donors (Lipinski definition) is 2. The number of carbonyl (C=O) groups is 1. The van der Waals surface area contributed by atoms with Crippen LogP contribution in [0.4, 0.5) is 5.69 Å². The SMILES string of the molecule is CCOc1cc([N+](=O)[O-])c(C(=O)NC2CCCNC2C)cc1OC.Cl. The van der Waals surface area contributed by atoms with Crippen LogP contribution in [-0.4, -0.2) is 43.2 Å². The summed E-state index contributed by atoms with van der Waals surface area (Å²) in [6, 6.07) is 2.65. The van der Waals surface area contributed by atoms with Gasteiger partial charge in [-0.1, -0.05) is 0 Å². The Hall–Kier alpha value is -2.06. The van der Waals surface area contributed by atoms with Crippen LogP contribution in [0, 0.1) is 10.1 Å². The first-order valence-corrected chi connectivity index (χ1v) is 8.01. The smallest absolute Gasteiger partial charge is 0.286 e. The summed E-state index contributed by atoms with van der Waals surface area (Å²) in [6.07, 6.45) is 1.78. The van der Waals surface area contributed by atoms with Crippen LogP contribution in [-0.2, 0) is 0 Å². The molecule has 1 aliphatic rings. The molecule has 1 aromatic carbocycles. The summed E-state index contributed by atoms with van der Waals surface area (Å²) in [6.45, 7) is 5.00. The molecule has 2 N–H and O–H groups in total. The summed E-state index contributed by atoms with van der Waals surface area (Å²) in [4.78, 5) is 23.4. The van der Waals surface area contributed by atoms with E-state index in [1.807, 2.05) is 6.92 Å². The fourth-order valence-electron chi connectivity index (χ4n) is 2.80. The van der Waals surface area contributed by atoms with E-state index >= 15 is 0 Å². The molecule has 2 atom stereocenters. The Labute approximate surface area is 152 Å². The van der Waals surface area contributed by atoms with E-state index < -0.39 is 10.8 Å².